The molecule has 0 bridgehead atoms. The molecule has 0 amide bonds. The molecular formula is C17H29N. The summed E-state index contributed by atoms with van der Waals surface area (Å²) in [5.74, 6) is 0. The summed E-state index contributed by atoms with van der Waals surface area (Å²) in [5, 5.41) is 3.60. The van der Waals surface area contributed by atoms with Crippen LogP contribution in [-0.2, 0) is 6.42 Å². The van der Waals surface area contributed by atoms with Crippen molar-refractivity contribution >= 4 is 0 Å². The van der Waals surface area contributed by atoms with Crippen molar-refractivity contribution in [1.29, 1.82) is 0 Å². The third-order valence-corrected chi connectivity index (χ3v) is 3.41. The molecule has 0 heterocycles. The molecule has 0 aliphatic rings. The van der Waals surface area contributed by atoms with Crippen LogP contribution in [-0.4, -0.2) is 6.54 Å². The minimum Gasteiger partial charge on any atom is -0.310 e. The summed E-state index contributed by atoms with van der Waals surface area (Å²) in [5.41, 5.74) is 3.12. The molecule has 0 fully saturated rings. The molecule has 1 unspecified atom stereocenters. The van der Waals surface area contributed by atoms with Gasteiger partial charge >= 0.3 is 0 Å². The van der Waals surface area contributed by atoms with Crippen molar-refractivity contribution in [2.45, 2.75) is 59.9 Å². The van der Waals surface area contributed by atoms with Gasteiger partial charge in [0.05, 0.1) is 0 Å². The number of hydrogen-bond donors (Lipinski definition) is 1. The Morgan fingerprint density at radius 3 is 2.11 bits per heavy atom. The smallest absolute Gasteiger partial charge is 0.0369 e. The zero-order valence-electron chi connectivity index (χ0n) is 12.7. The first-order chi connectivity index (χ1) is 8.49. The maximum Gasteiger partial charge on any atom is 0.0369 e. The first-order valence-corrected chi connectivity index (χ1v) is 7.31. The maximum absolute atomic E-state index is 3.60. The van der Waals surface area contributed by atoms with E-state index in [-0.39, 0.29) is 5.41 Å². The Hall–Kier alpha value is -0.820. The molecule has 18 heavy (non-hydrogen) atoms. The van der Waals surface area contributed by atoms with E-state index in [0.717, 1.165) is 6.54 Å². The van der Waals surface area contributed by atoms with Crippen molar-refractivity contribution < 1.29 is 0 Å². The standard InChI is InChI=1S/C17H29N/c1-6-8-9-14-10-12-15(13-11-14)16(18-7-2)17(3,4)5/h10-13,16,18H,6-9H2,1-5H3. The third kappa shape index (κ3) is 4.45. The summed E-state index contributed by atoms with van der Waals surface area (Å²) in [7, 11) is 0. The summed E-state index contributed by atoms with van der Waals surface area (Å²) in [6, 6.07) is 9.61. The normalized spacial score (nSPS) is 13.6. The molecule has 0 spiro atoms. The first-order valence-electron chi connectivity index (χ1n) is 7.31. The van der Waals surface area contributed by atoms with E-state index >= 15 is 0 Å². The molecule has 0 aliphatic heterocycles. The van der Waals surface area contributed by atoms with E-state index in [0.29, 0.717) is 6.04 Å². The summed E-state index contributed by atoms with van der Waals surface area (Å²) < 4.78 is 0. The van der Waals surface area contributed by atoms with Gasteiger partial charge in [-0.05, 0) is 35.9 Å². The van der Waals surface area contributed by atoms with Crippen LogP contribution >= 0.6 is 0 Å². The molecule has 102 valence electrons. The van der Waals surface area contributed by atoms with Crippen molar-refractivity contribution in [3.05, 3.63) is 35.4 Å². The molecule has 0 aliphatic carbocycles. The molecule has 1 heteroatoms. The lowest BCUT2D eigenvalue weighted by molar-refractivity contribution is 0.277. The summed E-state index contributed by atoms with van der Waals surface area (Å²) in [4.78, 5) is 0. The lowest BCUT2D eigenvalue weighted by Crippen LogP contribution is -2.32. The third-order valence-electron chi connectivity index (χ3n) is 3.41. The van der Waals surface area contributed by atoms with Crippen LogP contribution < -0.4 is 5.32 Å². The molecule has 1 nitrogen and oxygen atoms in total. The van der Waals surface area contributed by atoms with E-state index in [9.17, 15) is 0 Å². The van der Waals surface area contributed by atoms with E-state index in [4.69, 9.17) is 0 Å². The van der Waals surface area contributed by atoms with Crippen LogP contribution in [0.25, 0.3) is 0 Å². The minimum atomic E-state index is 0.251. The number of unbranched alkanes of at least 4 members (excludes halogenated alkanes) is 1. The quantitative estimate of drug-likeness (QED) is 0.766. The number of benzene rings is 1. The Labute approximate surface area is 113 Å². The van der Waals surface area contributed by atoms with Gasteiger partial charge in [0, 0.05) is 6.04 Å². The molecule has 1 aromatic rings. The van der Waals surface area contributed by atoms with Crippen molar-refractivity contribution in [3.8, 4) is 0 Å². The maximum atomic E-state index is 3.60. The Morgan fingerprint density at radius 1 is 1.06 bits per heavy atom. The molecular weight excluding hydrogens is 218 g/mol. The van der Waals surface area contributed by atoms with Gasteiger partial charge in [0.2, 0.25) is 0 Å². The van der Waals surface area contributed by atoms with E-state index in [1.165, 1.54) is 30.4 Å². The highest BCUT2D eigenvalue weighted by atomic mass is 14.9. The number of rotatable bonds is 6. The fourth-order valence-corrected chi connectivity index (χ4v) is 2.39. The molecule has 1 rings (SSSR count). The van der Waals surface area contributed by atoms with Gasteiger partial charge in [-0.15, -0.1) is 0 Å². The second-order valence-electron chi connectivity index (χ2n) is 6.20. The number of aryl methyl sites for hydroxylation is 1. The molecule has 0 saturated carbocycles. The molecule has 0 aromatic heterocycles. The van der Waals surface area contributed by atoms with Gasteiger partial charge in [-0.2, -0.15) is 0 Å². The van der Waals surface area contributed by atoms with E-state index in [1.54, 1.807) is 0 Å². The topological polar surface area (TPSA) is 12.0 Å². The van der Waals surface area contributed by atoms with Gasteiger partial charge in [0.15, 0.2) is 0 Å². The highest BCUT2D eigenvalue weighted by Crippen LogP contribution is 2.32. The van der Waals surface area contributed by atoms with E-state index in [2.05, 4.69) is 64.2 Å². The Bertz CT molecular complexity index is 332. The minimum absolute atomic E-state index is 0.251. The second-order valence-corrected chi connectivity index (χ2v) is 6.20. The van der Waals surface area contributed by atoms with Gasteiger partial charge in [-0.25, -0.2) is 0 Å². The summed E-state index contributed by atoms with van der Waals surface area (Å²) in [6.45, 7) is 12.3. The Balaban J connectivity index is 2.80. The van der Waals surface area contributed by atoms with Crippen LogP contribution in [0.5, 0.6) is 0 Å². The molecule has 1 atom stereocenters. The first kappa shape index (κ1) is 15.2. The van der Waals surface area contributed by atoms with Crippen molar-refractivity contribution in [1.82, 2.24) is 5.32 Å². The average Bonchev–Trinajstić information content (AvgIpc) is 2.33. The van der Waals surface area contributed by atoms with Gasteiger partial charge in [-0.3, -0.25) is 0 Å². The van der Waals surface area contributed by atoms with Crippen LogP contribution in [0.4, 0.5) is 0 Å². The number of hydrogen-bond acceptors (Lipinski definition) is 1. The zero-order valence-corrected chi connectivity index (χ0v) is 12.7. The van der Waals surface area contributed by atoms with Crippen molar-refractivity contribution in [3.63, 3.8) is 0 Å². The highest BCUT2D eigenvalue weighted by Gasteiger charge is 2.24. The monoisotopic (exact) mass is 247 g/mol. The van der Waals surface area contributed by atoms with Crippen LogP contribution in [0.1, 0.15) is 64.6 Å². The Morgan fingerprint density at radius 2 is 1.67 bits per heavy atom. The molecule has 1 N–H and O–H groups in total. The highest BCUT2D eigenvalue weighted by molar-refractivity contribution is 5.26. The lowest BCUT2D eigenvalue weighted by Gasteiger charge is -2.32. The molecule has 0 saturated heterocycles. The second kappa shape index (κ2) is 6.94. The van der Waals surface area contributed by atoms with Gasteiger partial charge < -0.3 is 5.32 Å². The fraction of sp³-hybridized carbons (Fsp3) is 0.647. The fourth-order valence-electron chi connectivity index (χ4n) is 2.39. The predicted octanol–water partition coefficient (Wildman–Crippen LogP) is 4.73. The van der Waals surface area contributed by atoms with Gasteiger partial charge in [0.1, 0.15) is 0 Å². The van der Waals surface area contributed by atoms with Crippen molar-refractivity contribution in [2.75, 3.05) is 6.54 Å². The predicted molar refractivity (Wildman–Crippen MR) is 80.9 cm³/mol. The largest absolute Gasteiger partial charge is 0.310 e. The lowest BCUT2D eigenvalue weighted by atomic mass is 9.82. The van der Waals surface area contributed by atoms with E-state index < -0.39 is 0 Å². The summed E-state index contributed by atoms with van der Waals surface area (Å²) in [6.07, 6.45) is 3.76. The molecule has 0 radical (unpaired) electrons. The zero-order chi connectivity index (χ0) is 13.6. The van der Waals surface area contributed by atoms with Gasteiger partial charge in [0.25, 0.3) is 0 Å². The number of nitrogens with one attached hydrogen (secondary N) is 1. The van der Waals surface area contributed by atoms with Crippen LogP contribution in [0, 0.1) is 5.41 Å². The van der Waals surface area contributed by atoms with Crippen molar-refractivity contribution in [2.24, 2.45) is 5.41 Å². The van der Waals surface area contributed by atoms with Gasteiger partial charge in [-0.1, -0.05) is 65.3 Å². The van der Waals surface area contributed by atoms with Crippen LogP contribution in [0.15, 0.2) is 24.3 Å². The van der Waals surface area contributed by atoms with Crippen LogP contribution in [0.2, 0.25) is 0 Å². The average molecular weight is 247 g/mol. The summed E-state index contributed by atoms with van der Waals surface area (Å²) >= 11 is 0. The van der Waals surface area contributed by atoms with E-state index in [1.807, 2.05) is 0 Å². The molecule has 1 aromatic carbocycles. The SMILES string of the molecule is CCCCc1ccc(C(NCC)C(C)(C)C)cc1. The Kier molecular flexibility index (Phi) is 5.87. The van der Waals surface area contributed by atoms with Crippen LogP contribution in [0.3, 0.4) is 0 Å².